The highest BCUT2D eigenvalue weighted by atomic mass is 19.4. The number of likely N-dealkylation sites (tertiary alicyclic amines) is 1. The van der Waals surface area contributed by atoms with Crippen LogP contribution < -0.4 is 0 Å². The maximum atomic E-state index is 13.9. The summed E-state index contributed by atoms with van der Waals surface area (Å²) >= 11 is 0. The van der Waals surface area contributed by atoms with Gasteiger partial charge in [-0.15, -0.1) is 0 Å². The number of carbonyl (C=O) groups is 2. The van der Waals surface area contributed by atoms with Gasteiger partial charge in [0.2, 0.25) is 5.91 Å². The smallest absolute Gasteiger partial charge is 0.417 e. The number of rotatable bonds is 5. The van der Waals surface area contributed by atoms with Crippen LogP contribution in [0, 0.1) is 17.3 Å². The highest BCUT2D eigenvalue weighted by Crippen LogP contribution is 2.48. The number of hydrogen-bond acceptors (Lipinski definition) is 5. The van der Waals surface area contributed by atoms with E-state index in [1.807, 2.05) is 6.92 Å². The fourth-order valence-electron chi connectivity index (χ4n) is 6.16. The van der Waals surface area contributed by atoms with Crippen molar-refractivity contribution in [1.29, 1.82) is 0 Å². The van der Waals surface area contributed by atoms with Gasteiger partial charge in [-0.3, -0.25) is 14.6 Å². The number of hydrogen-bond donors (Lipinski definition) is 0. The molecule has 2 fully saturated rings. The van der Waals surface area contributed by atoms with Gasteiger partial charge in [0.15, 0.2) is 0 Å². The lowest BCUT2D eigenvalue weighted by Gasteiger charge is -2.41. The first-order valence-electron chi connectivity index (χ1n) is 12.8. The Morgan fingerprint density at radius 3 is 2.54 bits per heavy atom. The number of nitrogens with zero attached hydrogens (tertiary/aromatic N) is 3. The van der Waals surface area contributed by atoms with E-state index < -0.39 is 17.2 Å². The van der Waals surface area contributed by atoms with Crippen molar-refractivity contribution in [2.45, 2.75) is 78.1 Å². The monoisotopic (exact) mass is 495 g/mol. The molecule has 0 bridgehead atoms. The van der Waals surface area contributed by atoms with E-state index in [0.29, 0.717) is 30.8 Å². The number of piperidine rings is 1. The van der Waals surface area contributed by atoms with Crippen molar-refractivity contribution in [3.05, 3.63) is 29.1 Å². The van der Waals surface area contributed by atoms with Gasteiger partial charge in [-0.1, -0.05) is 13.8 Å². The molecule has 3 heterocycles. The van der Waals surface area contributed by atoms with E-state index in [1.54, 1.807) is 4.90 Å². The first kappa shape index (κ1) is 25.9. The van der Waals surface area contributed by atoms with Gasteiger partial charge in [0.25, 0.3) is 0 Å². The van der Waals surface area contributed by atoms with Crippen LogP contribution in [0.3, 0.4) is 0 Å². The number of aromatic nitrogens is 1. The summed E-state index contributed by atoms with van der Waals surface area (Å²) in [6.07, 6.45) is 0.890. The molecule has 1 aromatic rings. The quantitative estimate of drug-likeness (QED) is 0.565. The van der Waals surface area contributed by atoms with Crippen LogP contribution in [0.4, 0.5) is 13.2 Å². The Labute approximate surface area is 205 Å². The molecule has 1 saturated heterocycles. The SMILES string of the molecule is CCOC(=O)C1CCN([C@H]2CC[C@@](C(=O)N3CCc4ncc(C(F)(F)F)cc4C3)(C(C)C)C2)CC1. The van der Waals surface area contributed by atoms with E-state index in [4.69, 9.17) is 4.74 Å². The Bertz CT molecular complexity index is 944. The molecule has 0 radical (unpaired) electrons. The molecule has 1 saturated carbocycles. The second kappa shape index (κ2) is 10.1. The summed E-state index contributed by atoms with van der Waals surface area (Å²) in [6.45, 7) is 8.67. The van der Waals surface area contributed by atoms with Crippen LogP contribution in [0.1, 0.15) is 69.7 Å². The van der Waals surface area contributed by atoms with Crippen LogP contribution in [0.15, 0.2) is 12.3 Å². The van der Waals surface area contributed by atoms with Gasteiger partial charge < -0.3 is 14.5 Å². The number of esters is 1. The Morgan fingerprint density at radius 1 is 1.20 bits per heavy atom. The van der Waals surface area contributed by atoms with Crippen molar-refractivity contribution >= 4 is 11.9 Å². The number of fused-ring (bicyclic) bond motifs is 1. The minimum Gasteiger partial charge on any atom is -0.466 e. The van der Waals surface area contributed by atoms with Gasteiger partial charge in [0.05, 0.1) is 23.5 Å². The van der Waals surface area contributed by atoms with Crippen molar-refractivity contribution in [2.75, 3.05) is 26.2 Å². The van der Waals surface area contributed by atoms with Gasteiger partial charge in [0, 0.05) is 37.4 Å². The maximum Gasteiger partial charge on any atom is 0.417 e. The van der Waals surface area contributed by atoms with Crippen molar-refractivity contribution in [3.8, 4) is 0 Å². The van der Waals surface area contributed by atoms with E-state index in [-0.39, 0.29) is 36.3 Å². The fraction of sp³-hybridized carbons (Fsp3) is 0.731. The molecular weight excluding hydrogens is 459 g/mol. The Balaban J connectivity index is 1.44. The van der Waals surface area contributed by atoms with Gasteiger partial charge in [-0.2, -0.15) is 13.2 Å². The van der Waals surface area contributed by atoms with E-state index in [1.165, 1.54) is 0 Å². The predicted molar refractivity (Wildman–Crippen MR) is 124 cm³/mol. The highest BCUT2D eigenvalue weighted by molar-refractivity contribution is 5.84. The molecule has 0 N–H and O–H groups in total. The number of halogens is 3. The van der Waals surface area contributed by atoms with Crippen molar-refractivity contribution in [1.82, 2.24) is 14.8 Å². The Kier molecular flexibility index (Phi) is 7.46. The average Bonchev–Trinajstić information content (AvgIpc) is 3.29. The van der Waals surface area contributed by atoms with Crippen molar-refractivity contribution < 1.29 is 27.5 Å². The third-order valence-electron chi connectivity index (χ3n) is 8.37. The zero-order chi connectivity index (χ0) is 25.4. The molecule has 3 aliphatic rings. The molecular formula is C26H36F3N3O3. The molecule has 0 spiro atoms. The molecule has 2 atom stereocenters. The number of pyridine rings is 1. The lowest BCUT2D eigenvalue weighted by Crippen LogP contribution is -2.49. The van der Waals surface area contributed by atoms with Crippen LogP contribution in [-0.4, -0.2) is 58.9 Å². The molecule has 0 unspecified atom stereocenters. The number of carbonyl (C=O) groups excluding carboxylic acids is 2. The number of ether oxygens (including phenoxy) is 1. The molecule has 194 valence electrons. The minimum absolute atomic E-state index is 0.0484. The highest BCUT2D eigenvalue weighted by Gasteiger charge is 2.51. The van der Waals surface area contributed by atoms with Crippen molar-refractivity contribution in [2.24, 2.45) is 17.3 Å². The minimum atomic E-state index is -4.45. The summed E-state index contributed by atoms with van der Waals surface area (Å²) in [5, 5.41) is 0. The topological polar surface area (TPSA) is 62.7 Å². The summed E-state index contributed by atoms with van der Waals surface area (Å²) in [7, 11) is 0. The van der Waals surface area contributed by atoms with E-state index in [0.717, 1.165) is 57.5 Å². The zero-order valence-electron chi connectivity index (χ0n) is 20.9. The van der Waals surface area contributed by atoms with Crippen LogP contribution in [0.25, 0.3) is 0 Å². The number of amides is 1. The summed E-state index contributed by atoms with van der Waals surface area (Å²) in [5.41, 5.74) is -0.144. The summed E-state index contributed by atoms with van der Waals surface area (Å²) in [6, 6.07) is 1.43. The molecule has 1 aromatic heterocycles. The normalized spacial score (nSPS) is 26.1. The first-order valence-corrected chi connectivity index (χ1v) is 12.8. The van der Waals surface area contributed by atoms with Crippen LogP contribution in [0.5, 0.6) is 0 Å². The second-order valence-corrected chi connectivity index (χ2v) is 10.6. The van der Waals surface area contributed by atoms with Gasteiger partial charge in [-0.25, -0.2) is 0 Å². The molecule has 0 aromatic carbocycles. The summed E-state index contributed by atoms with van der Waals surface area (Å²) < 4.78 is 44.8. The van der Waals surface area contributed by atoms with Gasteiger partial charge in [0.1, 0.15) is 0 Å². The van der Waals surface area contributed by atoms with Crippen molar-refractivity contribution in [3.63, 3.8) is 0 Å². The van der Waals surface area contributed by atoms with Crippen LogP contribution in [0.2, 0.25) is 0 Å². The molecule has 4 rings (SSSR count). The Morgan fingerprint density at radius 2 is 1.91 bits per heavy atom. The Hall–Kier alpha value is -2.16. The van der Waals surface area contributed by atoms with E-state index >= 15 is 0 Å². The third kappa shape index (κ3) is 5.20. The molecule has 35 heavy (non-hydrogen) atoms. The van der Waals surface area contributed by atoms with Gasteiger partial charge >= 0.3 is 12.1 Å². The average molecular weight is 496 g/mol. The first-order chi connectivity index (χ1) is 16.5. The standard InChI is InChI=1S/C26H36F3N3O3/c1-4-35-23(33)18-6-10-31(11-7-18)21-5-9-25(14-21,17(2)3)24(34)32-12-8-22-19(16-32)13-20(15-30-22)26(27,28)29/h13,15,17-18,21H,4-12,14,16H2,1-3H3/t21-,25-/m0/s1. The molecule has 1 amide bonds. The molecule has 9 heteroatoms. The van der Waals surface area contributed by atoms with Gasteiger partial charge in [-0.05, 0) is 69.7 Å². The lowest BCUT2D eigenvalue weighted by molar-refractivity contribution is -0.149. The largest absolute Gasteiger partial charge is 0.466 e. The van der Waals surface area contributed by atoms with Crippen LogP contribution >= 0.6 is 0 Å². The second-order valence-electron chi connectivity index (χ2n) is 10.6. The zero-order valence-corrected chi connectivity index (χ0v) is 20.9. The lowest BCUT2D eigenvalue weighted by atomic mass is 9.73. The van der Waals surface area contributed by atoms with E-state index in [2.05, 4.69) is 23.7 Å². The molecule has 2 aliphatic heterocycles. The summed E-state index contributed by atoms with van der Waals surface area (Å²) in [5.74, 6) is 0.0177. The third-order valence-corrected chi connectivity index (χ3v) is 8.37. The predicted octanol–water partition coefficient (Wildman–Crippen LogP) is 4.46. The fourth-order valence-corrected chi connectivity index (χ4v) is 6.16. The van der Waals surface area contributed by atoms with E-state index in [9.17, 15) is 22.8 Å². The molecule has 1 aliphatic carbocycles. The molecule has 6 nitrogen and oxygen atoms in total. The number of alkyl halides is 3. The summed E-state index contributed by atoms with van der Waals surface area (Å²) in [4.78, 5) is 34.2. The van der Waals surface area contributed by atoms with Crippen LogP contribution in [-0.2, 0) is 33.5 Å². The maximum absolute atomic E-state index is 13.9.